The number of aromatic nitrogens is 1. The summed E-state index contributed by atoms with van der Waals surface area (Å²) in [5.74, 6) is 0.959. The van der Waals surface area contributed by atoms with E-state index in [1.807, 2.05) is 12.1 Å². The van der Waals surface area contributed by atoms with Crippen molar-refractivity contribution in [2.24, 2.45) is 0 Å². The van der Waals surface area contributed by atoms with Gasteiger partial charge in [-0.25, -0.2) is 0 Å². The minimum Gasteiger partial charge on any atom is -0.496 e. The van der Waals surface area contributed by atoms with E-state index in [0.717, 1.165) is 51.6 Å². The standard InChI is InChI=1S/C19H26N2O2/c1-22-19-9-3-2-6-17(19)16-21-11-5-8-18(21)7-4-10-20-12-14-23-15-13-20/h2-3,5-6,8-9,11H,4,7,10,12-16H2,1H3. The molecule has 1 aliphatic rings. The lowest BCUT2D eigenvalue weighted by Crippen LogP contribution is -2.37. The van der Waals surface area contributed by atoms with Crippen LogP contribution in [0.25, 0.3) is 0 Å². The van der Waals surface area contributed by atoms with Crippen LogP contribution in [0, 0.1) is 0 Å². The summed E-state index contributed by atoms with van der Waals surface area (Å²) in [6, 6.07) is 12.6. The van der Waals surface area contributed by atoms with E-state index in [-0.39, 0.29) is 0 Å². The lowest BCUT2D eigenvalue weighted by molar-refractivity contribution is 0.0374. The van der Waals surface area contributed by atoms with E-state index in [1.165, 1.54) is 17.7 Å². The number of morpholine rings is 1. The molecular weight excluding hydrogens is 288 g/mol. The first kappa shape index (κ1) is 16.1. The summed E-state index contributed by atoms with van der Waals surface area (Å²) in [7, 11) is 1.73. The molecule has 0 unspecified atom stereocenters. The highest BCUT2D eigenvalue weighted by atomic mass is 16.5. The van der Waals surface area contributed by atoms with Crippen molar-refractivity contribution >= 4 is 0 Å². The summed E-state index contributed by atoms with van der Waals surface area (Å²) in [6.45, 7) is 5.92. The van der Waals surface area contributed by atoms with Gasteiger partial charge < -0.3 is 14.0 Å². The Bertz CT molecular complexity index is 603. The van der Waals surface area contributed by atoms with Gasteiger partial charge in [0.1, 0.15) is 5.75 Å². The largest absolute Gasteiger partial charge is 0.496 e. The molecule has 3 rings (SSSR count). The molecule has 0 N–H and O–H groups in total. The van der Waals surface area contributed by atoms with Crippen molar-refractivity contribution in [2.75, 3.05) is 40.0 Å². The Kier molecular flexibility index (Phi) is 5.72. The van der Waals surface area contributed by atoms with Crippen molar-refractivity contribution in [1.29, 1.82) is 0 Å². The summed E-state index contributed by atoms with van der Waals surface area (Å²) in [5.41, 5.74) is 2.62. The highest BCUT2D eigenvalue weighted by Gasteiger charge is 2.10. The number of hydrogen-bond acceptors (Lipinski definition) is 3. The normalized spacial score (nSPS) is 15.7. The average Bonchev–Trinajstić information content (AvgIpc) is 3.03. The van der Waals surface area contributed by atoms with Crippen molar-refractivity contribution in [3.8, 4) is 5.75 Å². The first-order chi connectivity index (χ1) is 11.4. The maximum absolute atomic E-state index is 5.46. The zero-order valence-corrected chi connectivity index (χ0v) is 13.9. The second-order valence-electron chi connectivity index (χ2n) is 6.00. The van der Waals surface area contributed by atoms with Crippen molar-refractivity contribution < 1.29 is 9.47 Å². The van der Waals surface area contributed by atoms with Crippen molar-refractivity contribution in [3.63, 3.8) is 0 Å². The number of methoxy groups -OCH3 is 1. The highest BCUT2D eigenvalue weighted by Crippen LogP contribution is 2.20. The first-order valence-electron chi connectivity index (χ1n) is 8.43. The molecule has 124 valence electrons. The Labute approximate surface area is 138 Å². The summed E-state index contributed by atoms with van der Waals surface area (Å²) >= 11 is 0. The van der Waals surface area contributed by atoms with Gasteiger partial charge in [0.2, 0.25) is 0 Å². The minimum absolute atomic E-state index is 0.865. The lowest BCUT2D eigenvalue weighted by atomic mass is 10.2. The van der Waals surface area contributed by atoms with Crippen molar-refractivity contribution in [2.45, 2.75) is 19.4 Å². The molecule has 1 aromatic carbocycles. The number of ether oxygens (including phenoxy) is 2. The first-order valence-corrected chi connectivity index (χ1v) is 8.43. The third-order valence-corrected chi connectivity index (χ3v) is 4.47. The Morgan fingerprint density at radius 1 is 1.09 bits per heavy atom. The van der Waals surface area contributed by atoms with Crippen LogP contribution in [0.1, 0.15) is 17.7 Å². The molecule has 1 saturated heterocycles. The zero-order chi connectivity index (χ0) is 15.9. The van der Waals surface area contributed by atoms with Crippen LogP contribution in [0.15, 0.2) is 42.6 Å². The van der Waals surface area contributed by atoms with Crippen LogP contribution < -0.4 is 4.74 Å². The molecule has 0 atom stereocenters. The fraction of sp³-hybridized carbons (Fsp3) is 0.474. The summed E-state index contributed by atoms with van der Waals surface area (Å²) < 4.78 is 13.2. The molecule has 4 heteroatoms. The quantitative estimate of drug-likeness (QED) is 0.786. The molecule has 1 aromatic heterocycles. The predicted octanol–water partition coefficient (Wildman–Crippen LogP) is 2.81. The third kappa shape index (κ3) is 4.36. The molecule has 0 spiro atoms. The van der Waals surface area contributed by atoms with Crippen molar-refractivity contribution in [1.82, 2.24) is 9.47 Å². The van der Waals surface area contributed by atoms with Gasteiger partial charge in [0, 0.05) is 30.5 Å². The second kappa shape index (κ2) is 8.18. The van der Waals surface area contributed by atoms with E-state index in [2.05, 4.69) is 39.9 Å². The van der Waals surface area contributed by atoms with Gasteiger partial charge in [0.25, 0.3) is 0 Å². The maximum Gasteiger partial charge on any atom is 0.123 e. The van der Waals surface area contributed by atoms with E-state index in [9.17, 15) is 0 Å². The van der Waals surface area contributed by atoms with E-state index >= 15 is 0 Å². The van der Waals surface area contributed by atoms with Gasteiger partial charge in [-0.15, -0.1) is 0 Å². The number of hydrogen-bond donors (Lipinski definition) is 0. The monoisotopic (exact) mass is 314 g/mol. The van der Waals surface area contributed by atoms with Crippen LogP contribution in [-0.4, -0.2) is 49.4 Å². The Morgan fingerprint density at radius 3 is 2.74 bits per heavy atom. The number of aryl methyl sites for hydroxylation is 1. The van der Waals surface area contributed by atoms with Crippen LogP contribution in [0.4, 0.5) is 0 Å². The SMILES string of the molecule is COc1ccccc1Cn1cccc1CCCN1CCOCC1. The number of nitrogens with zero attached hydrogens (tertiary/aromatic N) is 2. The zero-order valence-electron chi connectivity index (χ0n) is 13.9. The molecule has 0 saturated carbocycles. The average molecular weight is 314 g/mol. The van der Waals surface area contributed by atoms with Crippen LogP contribution in [0.2, 0.25) is 0 Å². The van der Waals surface area contributed by atoms with Gasteiger partial charge in [0.15, 0.2) is 0 Å². The molecule has 0 bridgehead atoms. The van der Waals surface area contributed by atoms with Crippen LogP contribution >= 0.6 is 0 Å². The maximum atomic E-state index is 5.46. The van der Waals surface area contributed by atoms with Gasteiger partial charge in [-0.2, -0.15) is 0 Å². The van der Waals surface area contributed by atoms with Crippen LogP contribution in [0.5, 0.6) is 5.75 Å². The van der Waals surface area contributed by atoms with E-state index in [4.69, 9.17) is 9.47 Å². The fourth-order valence-corrected chi connectivity index (χ4v) is 3.16. The van der Waals surface area contributed by atoms with Gasteiger partial charge in [0.05, 0.1) is 26.9 Å². The molecular formula is C19H26N2O2. The summed E-state index contributed by atoms with van der Waals surface area (Å²) in [6.07, 6.45) is 4.46. The van der Waals surface area contributed by atoms with Gasteiger partial charge in [-0.05, 0) is 37.6 Å². The predicted molar refractivity (Wildman–Crippen MR) is 92.1 cm³/mol. The number of para-hydroxylation sites is 1. The number of benzene rings is 1. The van der Waals surface area contributed by atoms with Crippen LogP contribution in [-0.2, 0) is 17.7 Å². The van der Waals surface area contributed by atoms with Gasteiger partial charge >= 0.3 is 0 Å². The summed E-state index contributed by atoms with van der Waals surface area (Å²) in [4.78, 5) is 2.50. The molecule has 0 amide bonds. The third-order valence-electron chi connectivity index (χ3n) is 4.47. The molecule has 0 aliphatic carbocycles. The number of rotatable bonds is 7. The molecule has 4 nitrogen and oxygen atoms in total. The van der Waals surface area contributed by atoms with Gasteiger partial charge in [-0.1, -0.05) is 18.2 Å². The van der Waals surface area contributed by atoms with Crippen LogP contribution in [0.3, 0.4) is 0 Å². The molecule has 2 aromatic rings. The molecule has 2 heterocycles. The van der Waals surface area contributed by atoms with Crippen molar-refractivity contribution in [3.05, 3.63) is 53.9 Å². The minimum atomic E-state index is 0.865. The fourth-order valence-electron chi connectivity index (χ4n) is 3.16. The Morgan fingerprint density at radius 2 is 1.91 bits per heavy atom. The molecule has 23 heavy (non-hydrogen) atoms. The topological polar surface area (TPSA) is 26.6 Å². The van der Waals surface area contributed by atoms with Gasteiger partial charge in [-0.3, -0.25) is 4.90 Å². The smallest absolute Gasteiger partial charge is 0.123 e. The van der Waals surface area contributed by atoms with E-state index < -0.39 is 0 Å². The molecule has 1 fully saturated rings. The molecule has 1 aliphatic heterocycles. The summed E-state index contributed by atoms with van der Waals surface area (Å²) in [5, 5.41) is 0. The van der Waals surface area contributed by atoms with E-state index in [0.29, 0.717) is 0 Å². The Hall–Kier alpha value is -1.78. The Balaban J connectivity index is 1.56. The highest BCUT2D eigenvalue weighted by molar-refractivity contribution is 5.33. The lowest BCUT2D eigenvalue weighted by Gasteiger charge is -2.26. The second-order valence-corrected chi connectivity index (χ2v) is 6.00. The molecule has 0 radical (unpaired) electrons. The van der Waals surface area contributed by atoms with E-state index in [1.54, 1.807) is 7.11 Å².